The molecule has 1 fully saturated rings. The fraction of sp³-hybridized carbons (Fsp3) is 0.286. The van der Waals surface area contributed by atoms with Gasteiger partial charge in [-0.25, -0.2) is 0 Å². The van der Waals surface area contributed by atoms with E-state index in [0.717, 1.165) is 35.4 Å². The van der Waals surface area contributed by atoms with Gasteiger partial charge in [-0.3, -0.25) is 14.5 Å². The van der Waals surface area contributed by atoms with Crippen LogP contribution in [0.4, 0.5) is 5.69 Å². The summed E-state index contributed by atoms with van der Waals surface area (Å²) in [6.07, 6.45) is 1.70. The molecule has 0 bridgehead atoms. The van der Waals surface area contributed by atoms with Crippen molar-refractivity contribution in [2.75, 3.05) is 31.6 Å². The lowest BCUT2D eigenvalue weighted by molar-refractivity contribution is -0.134. The molecule has 1 N–H and O–H groups in total. The van der Waals surface area contributed by atoms with E-state index in [2.05, 4.69) is 5.32 Å². The van der Waals surface area contributed by atoms with E-state index >= 15 is 0 Å². The van der Waals surface area contributed by atoms with Gasteiger partial charge in [0.2, 0.25) is 11.8 Å². The van der Waals surface area contributed by atoms with Crippen LogP contribution in [0.5, 0.6) is 5.75 Å². The molecule has 0 aliphatic carbocycles. The third-order valence-corrected chi connectivity index (χ3v) is 6.24. The molecule has 0 spiro atoms. The number of nitrogens with one attached hydrogen (secondary N) is 1. The molecular formula is C28H30ClN3O3. The number of halogens is 1. The molecule has 0 saturated carbocycles. The van der Waals surface area contributed by atoms with Crippen LogP contribution in [0.25, 0.3) is 0 Å². The number of likely N-dealkylation sites (N-methyl/N-ethyl adjacent to an activating group) is 1. The maximum Gasteiger partial charge on any atom is 0.247 e. The van der Waals surface area contributed by atoms with E-state index < -0.39 is 6.04 Å². The maximum atomic E-state index is 13.3. The van der Waals surface area contributed by atoms with Gasteiger partial charge in [0, 0.05) is 30.8 Å². The van der Waals surface area contributed by atoms with Crippen molar-refractivity contribution in [3.05, 3.63) is 95.0 Å². The molecule has 3 aromatic rings. The Bertz CT molecular complexity index is 1140. The summed E-state index contributed by atoms with van der Waals surface area (Å²) in [7, 11) is 1.78. The van der Waals surface area contributed by atoms with Crippen LogP contribution in [0.1, 0.15) is 17.5 Å². The number of carbonyl (C=O) groups is 2. The smallest absolute Gasteiger partial charge is 0.247 e. The van der Waals surface area contributed by atoms with Gasteiger partial charge in [-0.05, 0) is 54.3 Å². The normalized spacial score (nSPS) is 15.7. The van der Waals surface area contributed by atoms with Gasteiger partial charge in [-0.15, -0.1) is 0 Å². The van der Waals surface area contributed by atoms with Gasteiger partial charge in [0.25, 0.3) is 0 Å². The second kappa shape index (κ2) is 11.9. The van der Waals surface area contributed by atoms with Crippen molar-refractivity contribution in [2.45, 2.75) is 25.4 Å². The topological polar surface area (TPSA) is 61.9 Å². The number of aryl methyl sites for hydroxylation is 1. The summed E-state index contributed by atoms with van der Waals surface area (Å²) >= 11 is 5.99. The summed E-state index contributed by atoms with van der Waals surface area (Å²) in [4.78, 5) is 29.4. The van der Waals surface area contributed by atoms with Crippen molar-refractivity contribution in [3.63, 3.8) is 0 Å². The third-order valence-electron chi connectivity index (χ3n) is 6.01. The minimum atomic E-state index is -0.582. The Labute approximate surface area is 211 Å². The minimum absolute atomic E-state index is 0.0864. The van der Waals surface area contributed by atoms with E-state index in [1.54, 1.807) is 22.9 Å². The minimum Gasteiger partial charge on any atom is -0.494 e. The van der Waals surface area contributed by atoms with Crippen LogP contribution in [0.2, 0.25) is 5.02 Å². The largest absolute Gasteiger partial charge is 0.494 e. The molecule has 1 heterocycles. The summed E-state index contributed by atoms with van der Waals surface area (Å²) < 4.78 is 5.76. The predicted molar refractivity (Wildman–Crippen MR) is 139 cm³/mol. The first kappa shape index (κ1) is 24.8. The van der Waals surface area contributed by atoms with Gasteiger partial charge in [0.1, 0.15) is 11.8 Å². The van der Waals surface area contributed by atoms with Crippen LogP contribution in [-0.4, -0.2) is 49.5 Å². The van der Waals surface area contributed by atoms with Gasteiger partial charge < -0.3 is 15.0 Å². The molecule has 3 aromatic carbocycles. The Morgan fingerprint density at radius 3 is 2.57 bits per heavy atom. The fourth-order valence-electron chi connectivity index (χ4n) is 4.22. The number of ether oxygens (including phenoxy) is 1. The summed E-state index contributed by atoms with van der Waals surface area (Å²) in [6, 6.07) is 24.5. The van der Waals surface area contributed by atoms with Gasteiger partial charge in [0.15, 0.2) is 0 Å². The van der Waals surface area contributed by atoms with Crippen molar-refractivity contribution < 1.29 is 14.3 Å². The SMILES string of the molecule is CN(Cc1ccccc1)C(=O)[C@H]1CNCC(=O)N1c1ccc(CCCOc2cccc(Cl)c2)cc1. The highest BCUT2D eigenvalue weighted by Crippen LogP contribution is 2.22. The molecule has 1 aliphatic heterocycles. The Hall–Kier alpha value is -3.35. The number of piperazine rings is 1. The first-order valence-corrected chi connectivity index (χ1v) is 12.2. The molecular weight excluding hydrogens is 462 g/mol. The molecule has 1 atom stereocenters. The Morgan fingerprint density at radius 2 is 1.83 bits per heavy atom. The second-order valence-corrected chi connectivity index (χ2v) is 9.10. The number of carbonyl (C=O) groups excluding carboxylic acids is 2. The Balaban J connectivity index is 1.36. The molecule has 1 aliphatic rings. The molecule has 2 amide bonds. The summed E-state index contributed by atoms with van der Waals surface area (Å²) in [5.74, 6) is 0.569. The van der Waals surface area contributed by atoms with Crippen LogP contribution in [0, 0.1) is 0 Å². The number of hydrogen-bond donors (Lipinski definition) is 1. The van der Waals surface area contributed by atoms with Crippen LogP contribution < -0.4 is 15.0 Å². The number of rotatable bonds is 9. The van der Waals surface area contributed by atoms with Crippen LogP contribution in [-0.2, 0) is 22.6 Å². The number of benzene rings is 3. The van der Waals surface area contributed by atoms with E-state index in [1.165, 1.54) is 0 Å². The van der Waals surface area contributed by atoms with Crippen molar-refractivity contribution >= 4 is 29.1 Å². The van der Waals surface area contributed by atoms with Gasteiger partial charge >= 0.3 is 0 Å². The van der Waals surface area contributed by atoms with Crippen LogP contribution >= 0.6 is 11.6 Å². The number of amides is 2. The molecule has 0 unspecified atom stereocenters. The molecule has 182 valence electrons. The van der Waals surface area contributed by atoms with E-state index in [0.29, 0.717) is 24.7 Å². The van der Waals surface area contributed by atoms with Crippen LogP contribution in [0.3, 0.4) is 0 Å². The summed E-state index contributed by atoms with van der Waals surface area (Å²) in [5, 5.41) is 3.74. The summed E-state index contributed by atoms with van der Waals surface area (Å²) in [6.45, 7) is 1.72. The molecule has 35 heavy (non-hydrogen) atoms. The Kier molecular flexibility index (Phi) is 8.40. The number of nitrogens with zero attached hydrogens (tertiary/aromatic N) is 2. The highest BCUT2D eigenvalue weighted by molar-refractivity contribution is 6.30. The third kappa shape index (κ3) is 6.62. The van der Waals surface area contributed by atoms with Crippen molar-refractivity contribution in [2.24, 2.45) is 0 Å². The van der Waals surface area contributed by atoms with E-state index in [9.17, 15) is 9.59 Å². The molecule has 4 rings (SSSR count). The lowest BCUT2D eigenvalue weighted by Gasteiger charge is -2.37. The summed E-state index contributed by atoms with van der Waals surface area (Å²) in [5.41, 5.74) is 2.94. The monoisotopic (exact) mass is 491 g/mol. The predicted octanol–water partition coefficient (Wildman–Crippen LogP) is 4.32. The lowest BCUT2D eigenvalue weighted by Crippen LogP contribution is -2.60. The molecule has 7 heteroatoms. The first-order valence-electron chi connectivity index (χ1n) is 11.8. The zero-order chi connectivity index (χ0) is 24.6. The quantitative estimate of drug-likeness (QED) is 0.453. The molecule has 1 saturated heterocycles. The van der Waals surface area contributed by atoms with Gasteiger partial charge in [-0.2, -0.15) is 0 Å². The van der Waals surface area contributed by atoms with Crippen LogP contribution in [0.15, 0.2) is 78.9 Å². The molecule has 0 aromatic heterocycles. The average Bonchev–Trinajstić information content (AvgIpc) is 2.87. The maximum absolute atomic E-state index is 13.3. The van der Waals surface area contributed by atoms with E-state index in [1.807, 2.05) is 72.8 Å². The van der Waals surface area contributed by atoms with Crippen molar-refractivity contribution in [1.29, 1.82) is 0 Å². The Morgan fingerprint density at radius 1 is 1.06 bits per heavy atom. The average molecular weight is 492 g/mol. The lowest BCUT2D eigenvalue weighted by atomic mass is 10.1. The second-order valence-electron chi connectivity index (χ2n) is 8.67. The first-order chi connectivity index (χ1) is 17.0. The number of anilines is 1. The fourth-order valence-corrected chi connectivity index (χ4v) is 4.40. The standard InChI is InChI=1S/C28H30ClN3O3/c1-31(20-22-7-3-2-4-8-22)28(34)26-18-30-19-27(33)32(26)24-14-12-21(13-15-24)9-6-16-35-25-11-5-10-23(29)17-25/h2-5,7-8,10-15,17,26,30H,6,9,16,18-20H2,1H3/t26-/m1/s1. The highest BCUT2D eigenvalue weighted by atomic mass is 35.5. The van der Waals surface area contributed by atoms with Gasteiger partial charge in [0.05, 0.1) is 13.2 Å². The van der Waals surface area contributed by atoms with Crippen molar-refractivity contribution in [3.8, 4) is 5.75 Å². The number of hydrogen-bond acceptors (Lipinski definition) is 4. The highest BCUT2D eigenvalue weighted by Gasteiger charge is 2.35. The van der Waals surface area contributed by atoms with Gasteiger partial charge in [-0.1, -0.05) is 60.1 Å². The molecule has 0 radical (unpaired) electrons. The molecule has 6 nitrogen and oxygen atoms in total. The van der Waals surface area contributed by atoms with E-state index in [-0.39, 0.29) is 18.4 Å². The van der Waals surface area contributed by atoms with Crippen molar-refractivity contribution in [1.82, 2.24) is 10.2 Å². The van der Waals surface area contributed by atoms with E-state index in [4.69, 9.17) is 16.3 Å². The zero-order valence-corrected chi connectivity index (χ0v) is 20.6. The zero-order valence-electron chi connectivity index (χ0n) is 19.8.